The van der Waals surface area contributed by atoms with Gasteiger partial charge < -0.3 is 18.5 Å². The second-order valence-corrected chi connectivity index (χ2v) is 6.80. The summed E-state index contributed by atoms with van der Waals surface area (Å²) in [7, 11) is -3.40. The molecule has 0 spiro atoms. The molecule has 1 aliphatic rings. The van der Waals surface area contributed by atoms with Gasteiger partial charge in [-0.3, -0.25) is 9.36 Å². The molecule has 0 N–H and O–H groups in total. The topological polar surface area (TPSA) is 71.1 Å². The highest BCUT2D eigenvalue weighted by molar-refractivity contribution is 7.55. The first-order chi connectivity index (χ1) is 9.81. The lowest BCUT2D eigenvalue weighted by molar-refractivity contribution is -0.147. The highest BCUT2D eigenvalue weighted by atomic mass is 31.2. The van der Waals surface area contributed by atoms with Gasteiger partial charge in [0.25, 0.3) is 0 Å². The van der Waals surface area contributed by atoms with Crippen LogP contribution < -0.4 is 0 Å². The number of hydrogen-bond acceptors (Lipinski definition) is 6. The number of halogens is 2. The lowest BCUT2D eigenvalue weighted by Gasteiger charge is -2.28. The van der Waals surface area contributed by atoms with Crippen LogP contribution in [0.15, 0.2) is 0 Å². The molecule has 0 bridgehead atoms. The minimum absolute atomic E-state index is 0.0149. The van der Waals surface area contributed by atoms with Gasteiger partial charge in [-0.15, -0.1) is 0 Å². The number of rotatable bonds is 8. The van der Waals surface area contributed by atoms with Crippen LogP contribution in [0.3, 0.4) is 0 Å². The van der Waals surface area contributed by atoms with Crippen LogP contribution in [-0.4, -0.2) is 45.2 Å². The van der Waals surface area contributed by atoms with Crippen molar-refractivity contribution in [2.45, 2.75) is 25.9 Å². The van der Waals surface area contributed by atoms with Gasteiger partial charge in [-0.05, 0) is 13.8 Å². The van der Waals surface area contributed by atoms with Crippen LogP contribution in [0.25, 0.3) is 0 Å². The first-order valence-corrected chi connectivity index (χ1v) is 8.28. The Morgan fingerprint density at radius 2 is 1.86 bits per heavy atom. The molecule has 1 heterocycles. The first kappa shape index (κ1) is 18.5. The first-order valence-electron chi connectivity index (χ1n) is 6.74. The summed E-state index contributed by atoms with van der Waals surface area (Å²) in [5.41, 5.74) is -3.69. The van der Waals surface area contributed by atoms with Crippen molar-refractivity contribution < 1.29 is 36.7 Å². The maximum atomic E-state index is 14.3. The van der Waals surface area contributed by atoms with E-state index in [1.165, 1.54) is 21.0 Å². The number of esters is 1. The third-order valence-corrected chi connectivity index (χ3v) is 5.39. The monoisotopic (exact) mass is 330 g/mol. The van der Waals surface area contributed by atoms with Gasteiger partial charge in [0, 0.05) is 12.3 Å². The number of methoxy groups -OCH3 is 1. The van der Waals surface area contributed by atoms with E-state index in [1.54, 1.807) is 0 Å². The largest absolute Gasteiger partial charge is 0.469 e. The van der Waals surface area contributed by atoms with E-state index in [2.05, 4.69) is 4.74 Å². The van der Waals surface area contributed by atoms with Crippen LogP contribution in [0, 0.1) is 11.8 Å². The normalized spacial score (nSPS) is 23.3. The molecule has 0 saturated carbocycles. The lowest BCUT2D eigenvalue weighted by Crippen LogP contribution is -2.30. The highest BCUT2D eigenvalue weighted by Crippen LogP contribution is 2.64. The molecule has 1 fully saturated rings. The van der Waals surface area contributed by atoms with E-state index in [9.17, 15) is 18.1 Å². The van der Waals surface area contributed by atoms with Crippen molar-refractivity contribution in [3.8, 4) is 0 Å². The average Bonchev–Trinajstić information content (AvgIpc) is 2.85. The molecular formula is C12H21F2O6P. The smallest absolute Gasteiger partial charge is 0.399 e. The third kappa shape index (κ3) is 4.22. The molecule has 9 heteroatoms. The molecule has 21 heavy (non-hydrogen) atoms. The minimum atomic E-state index is -4.58. The van der Waals surface area contributed by atoms with Crippen LogP contribution in [0.1, 0.15) is 20.3 Å². The zero-order valence-corrected chi connectivity index (χ0v) is 13.2. The minimum Gasteiger partial charge on any atom is -0.469 e. The van der Waals surface area contributed by atoms with Gasteiger partial charge in [-0.25, -0.2) is 0 Å². The van der Waals surface area contributed by atoms with Crippen molar-refractivity contribution in [1.29, 1.82) is 0 Å². The van der Waals surface area contributed by atoms with E-state index in [-0.39, 0.29) is 26.4 Å². The van der Waals surface area contributed by atoms with Gasteiger partial charge >= 0.3 is 19.2 Å². The summed E-state index contributed by atoms with van der Waals surface area (Å²) in [6, 6.07) is 0. The summed E-state index contributed by atoms with van der Waals surface area (Å²) in [5.74, 6) is -2.20. The number of carbonyl (C=O) groups is 1. The Hall–Kier alpha value is -0.560. The Kier molecular flexibility index (Phi) is 6.71. The third-order valence-electron chi connectivity index (χ3n) is 3.21. The fraction of sp³-hybridized carbons (Fsp3) is 0.917. The predicted octanol–water partition coefficient (Wildman–Crippen LogP) is 2.67. The van der Waals surface area contributed by atoms with Crippen molar-refractivity contribution in [3.63, 3.8) is 0 Å². The van der Waals surface area contributed by atoms with Crippen LogP contribution in [0.5, 0.6) is 0 Å². The van der Waals surface area contributed by atoms with E-state index in [0.29, 0.717) is 0 Å². The van der Waals surface area contributed by atoms with Gasteiger partial charge in [0.15, 0.2) is 0 Å². The molecule has 0 aromatic carbocycles. The summed E-state index contributed by atoms with van der Waals surface area (Å²) in [4.78, 5) is 11.5. The molecule has 1 aliphatic heterocycles. The van der Waals surface area contributed by atoms with Crippen LogP contribution >= 0.6 is 7.60 Å². The molecule has 0 unspecified atom stereocenters. The van der Waals surface area contributed by atoms with E-state index in [4.69, 9.17) is 13.8 Å². The van der Waals surface area contributed by atoms with Crippen LogP contribution in [-0.2, 0) is 27.9 Å². The Morgan fingerprint density at radius 3 is 2.33 bits per heavy atom. The van der Waals surface area contributed by atoms with Crippen molar-refractivity contribution in [3.05, 3.63) is 0 Å². The number of ether oxygens (including phenoxy) is 2. The number of alkyl halides is 2. The van der Waals surface area contributed by atoms with Crippen molar-refractivity contribution in [2.75, 3.05) is 33.5 Å². The summed E-state index contributed by atoms with van der Waals surface area (Å²) >= 11 is 0. The molecule has 0 radical (unpaired) electrons. The average molecular weight is 330 g/mol. The van der Waals surface area contributed by atoms with Crippen molar-refractivity contribution in [2.24, 2.45) is 11.8 Å². The van der Waals surface area contributed by atoms with Gasteiger partial charge in [0.05, 0.1) is 39.5 Å². The summed E-state index contributed by atoms with van der Waals surface area (Å²) in [6.07, 6.45) is -0.815. The van der Waals surface area contributed by atoms with E-state index in [1.807, 2.05) is 0 Å². The van der Waals surface area contributed by atoms with Gasteiger partial charge in [0.1, 0.15) is 0 Å². The van der Waals surface area contributed by atoms with E-state index >= 15 is 0 Å². The zero-order chi connectivity index (χ0) is 16.1. The summed E-state index contributed by atoms with van der Waals surface area (Å²) < 4.78 is 59.9. The van der Waals surface area contributed by atoms with E-state index < -0.39 is 37.5 Å². The second-order valence-electron chi connectivity index (χ2n) is 4.63. The second kappa shape index (κ2) is 7.63. The molecule has 2 atom stereocenters. The number of carbonyl (C=O) groups excluding carboxylic acids is 1. The molecule has 0 amide bonds. The van der Waals surface area contributed by atoms with Crippen molar-refractivity contribution >= 4 is 13.6 Å². The Labute approximate surface area is 122 Å². The SMILES string of the molecule is CCOP(=O)(OCC)C(F)(F)C[C@H]1COC[C@@H]1C(=O)OC. The van der Waals surface area contributed by atoms with Crippen LogP contribution in [0.4, 0.5) is 8.78 Å². The van der Waals surface area contributed by atoms with Gasteiger partial charge in [0.2, 0.25) is 0 Å². The molecule has 0 aromatic rings. The van der Waals surface area contributed by atoms with Crippen LogP contribution in [0.2, 0.25) is 0 Å². The molecular weight excluding hydrogens is 309 g/mol. The zero-order valence-electron chi connectivity index (χ0n) is 12.3. The molecule has 1 rings (SSSR count). The fourth-order valence-electron chi connectivity index (χ4n) is 2.20. The molecule has 6 nitrogen and oxygen atoms in total. The predicted molar refractivity (Wildman–Crippen MR) is 70.2 cm³/mol. The van der Waals surface area contributed by atoms with Gasteiger partial charge in [-0.1, -0.05) is 0 Å². The lowest BCUT2D eigenvalue weighted by atomic mass is 9.93. The van der Waals surface area contributed by atoms with Crippen molar-refractivity contribution in [1.82, 2.24) is 0 Å². The standard InChI is InChI=1S/C12H21F2O6P/c1-4-19-21(16,20-5-2)12(13,14)6-9-7-18-8-10(9)11(15)17-3/h9-10H,4-8H2,1-3H3/t9-,10-/m0/s1. The number of hydrogen-bond donors (Lipinski definition) is 0. The molecule has 0 aromatic heterocycles. The fourth-order valence-corrected chi connectivity index (χ4v) is 3.80. The Bertz CT molecular complexity index is 393. The molecule has 124 valence electrons. The quantitative estimate of drug-likeness (QED) is 0.503. The summed E-state index contributed by atoms with van der Waals surface area (Å²) in [5, 5.41) is 0. The van der Waals surface area contributed by atoms with Gasteiger partial charge in [-0.2, -0.15) is 8.78 Å². The van der Waals surface area contributed by atoms with E-state index in [0.717, 1.165) is 0 Å². The maximum Gasteiger partial charge on any atom is 0.399 e. The Balaban J connectivity index is 2.86. The molecule has 0 aliphatic carbocycles. The highest BCUT2D eigenvalue weighted by Gasteiger charge is 2.56. The molecule has 1 saturated heterocycles. The summed E-state index contributed by atoms with van der Waals surface area (Å²) in [6.45, 7) is 2.59. The maximum absolute atomic E-state index is 14.3. The Morgan fingerprint density at radius 1 is 1.29 bits per heavy atom.